The lowest BCUT2D eigenvalue weighted by atomic mass is 10.1. The van der Waals surface area contributed by atoms with Crippen LogP contribution in [0.25, 0.3) is 0 Å². The Balaban J connectivity index is 1.99. The highest BCUT2D eigenvalue weighted by atomic mass is 15.2. The Morgan fingerprint density at radius 3 is 2.33 bits per heavy atom. The smallest absolute Gasteiger partial charge is 0.128 e. The molecule has 2 aromatic rings. The number of nitrogens with zero attached hydrogens (tertiary/aromatic N) is 2. The molecule has 0 saturated carbocycles. The van der Waals surface area contributed by atoms with E-state index in [0.717, 1.165) is 25.2 Å². The molecule has 1 atom stereocenters. The first-order chi connectivity index (χ1) is 10.1. The molecule has 0 amide bonds. The number of pyridine rings is 1. The highest BCUT2D eigenvalue weighted by Crippen LogP contribution is 2.14. The predicted molar refractivity (Wildman–Crippen MR) is 89.5 cm³/mol. The fourth-order valence-corrected chi connectivity index (χ4v) is 2.26. The van der Waals surface area contributed by atoms with Crippen LogP contribution >= 0.6 is 0 Å². The van der Waals surface area contributed by atoms with Gasteiger partial charge < -0.3 is 10.6 Å². The van der Waals surface area contributed by atoms with Crippen molar-refractivity contribution in [3.8, 4) is 0 Å². The molecule has 1 aromatic carbocycles. The second kappa shape index (κ2) is 7.23. The summed E-state index contributed by atoms with van der Waals surface area (Å²) in [5, 5.41) is 0. The molecule has 1 unspecified atom stereocenters. The molecule has 3 nitrogen and oxygen atoms in total. The molecule has 0 saturated heterocycles. The third-order valence-electron chi connectivity index (χ3n) is 3.76. The van der Waals surface area contributed by atoms with E-state index in [1.807, 2.05) is 6.20 Å². The normalized spacial score (nSPS) is 12.2. The maximum atomic E-state index is 5.98. The number of nitrogens with two attached hydrogens (primary N) is 1. The van der Waals surface area contributed by atoms with Crippen molar-refractivity contribution in [3.63, 3.8) is 0 Å². The second-order valence-electron chi connectivity index (χ2n) is 5.74. The summed E-state index contributed by atoms with van der Waals surface area (Å²) in [5.41, 5.74) is 9.77. The SMILES string of the molecule is CCC(N)Cc1ccc(N(C)Cc2ccc(C)cc2)nc1. The first kappa shape index (κ1) is 15.5. The van der Waals surface area contributed by atoms with E-state index >= 15 is 0 Å². The van der Waals surface area contributed by atoms with Crippen molar-refractivity contribution in [2.24, 2.45) is 5.73 Å². The van der Waals surface area contributed by atoms with Gasteiger partial charge in [0.1, 0.15) is 5.82 Å². The van der Waals surface area contributed by atoms with E-state index in [2.05, 4.69) is 67.2 Å². The second-order valence-corrected chi connectivity index (χ2v) is 5.74. The number of benzene rings is 1. The van der Waals surface area contributed by atoms with E-state index in [4.69, 9.17) is 5.73 Å². The molecular formula is C18H25N3. The van der Waals surface area contributed by atoms with Crippen molar-refractivity contribution in [2.75, 3.05) is 11.9 Å². The lowest BCUT2D eigenvalue weighted by Gasteiger charge is -2.19. The van der Waals surface area contributed by atoms with E-state index in [1.54, 1.807) is 0 Å². The Morgan fingerprint density at radius 2 is 1.76 bits per heavy atom. The van der Waals surface area contributed by atoms with Crippen LogP contribution in [0.5, 0.6) is 0 Å². The van der Waals surface area contributed by atoms with Gasteiger partial charge in [-0.2, -0.15) is 0 Å². The average molecular weight is 283 g/mol. The molecule has 0 fully saturated rings. The van der Waals surface area contributed by atoms with Gasteiger partial charge in [-0.25, -0.2) is 4.98 Å². The van der Waals surface area contributed by atoms with Gasteiger partial charge in [0.05, 0.1) is 0 Å². The van der Waals surface area contributed by atoms with E-state index in [9.17, 15) is 0 Å². The molecule has 0 aliphatic carbocycles. The van der Waals surface area contributed by atoms with E-state index in [0.29, 0.717) is 0 Å². The minimum Gasteiger partial charge on any atom is -0.355 e. The van der Waals surface area contributed by atoms with Gasteiger partial charge in [0.25, 0.3) is 0 Å². The van der Waals surface area contributed by atoms with Gasteiger partial charge in [-0.3, -0.25) is 0 Å². The quantitative estimate of drug-likeness (QED) is 0.884. The Kier molecular flexibility index (Phi) is 5.34. The largest absolute Gasteiger partial charge is 0.355 e. The van der Waals surface area contributed by atoms with Crippen LogP contribution in [0.15, 0.2) is 42.6 Å². The minimum absolute atomic E-state index is 0.225. The summed E-state index contributed by atoms with van der Waals surface area (Å²) in [6.45, 7) is 5.08. The minimum atomic E-state index is 0.225. The number of hydrogen-bond donors (Lipinski definition) is 1. The fourth-order valence-electron chi connectivity index (χ4n) is 2.26. The standard InChI is InChI=1S/C18H25N3/c1-4-17(19)11-16-9-10-18(20-12-16)21(3)13-15-7-5-14(2)6-8-15/h5-10,12,17H,4,11,13,19H2,1-3H3. The van der Waals surface area contributed by atoms with Crippen LogP contribution in [-0.2, 0) is 13.0 Å². The maximum Gasteiger partial charge on any atom is 0.128 e. The molecule has 0 radical (unpaired) electrons. The van der Waals surface area contributed by atoms with Crippen LogP contribution in [0.3, 0.4) is 0 Å². The third-order valence-corrected chi connectivity index (χ3v) is 3.76. The van der Waals surface area contributed by atoms with Gasteiger partial charge in [-0.05, 0) is 37.0 Å². The lowest BCUT2D eigenvalue weighted by molar-refractivity contribution is 0.645. The summed E-state index contributed by atoms with van der Waals surface area (Å²) < 4.78 is 0. The highest BCUT2D eigenvalue weighted by molar-refractivity contribution is 5.39. The average Bonchev–Trinajstić information content (AvgIpc) is 2.50. The molecule has 21 heavy (non-hydrogen) atoms. The predicted octanol–water partition coefficient (Wildman–Crippen LogP) is 3.31. The molecule has 0 aliphatic rings. The zero-order chi connectivity index (χ0) is 15.2. The van der Waals surface area contributed by atoms with E-state index in [-0.39, 0.29) is 6.04 Å². The molecule has 2 rings (SSSR count). The van der Waals surface area contributed by atoms with Crippen LogP contribution < -0.4 is 10.6 Å². The third kappa shape index (κ3) is 4.57. The number of hydrogen-bond acceptors (Lipinski definition) is 3. The maximum absolute atomic E-state index is 5.98. The van der Waals surface area contributed by atoms with Crippen LogP contribution in [0.4, 0.5) is 5.82 Å². The molecular weight excluding hydrogens is 258 g/mol. The van der Waals surface area contributed by atoms with Crippen molar-refractivity contribution >= 4 is 5.82 Å². The monoisotopic (exact) mass is 283 g/mol. The van der Waals surface area contributed by atoms with Crippen molar-refractivity contribution in [1.29, 1.82) is 0 Å². The number of rotatable bonds is 6. The Labute approximate surface area is 127 Å². The summed E-state index contributed by atoms with van der Waals surface area (Å²) in [5.74, 6) is 0.990. The van der Waals surface area contributed by atoms with Crippen LogP contribution in [0.2, 0.25) is 0 Å². The molecule has 0 spiro atoms. The summed E-state index contributed by atoms with van der Waals surface area (Å²) >= 11 is 0. The Hall–Kier alpha value is -1.87. The molecule has 112 valence electrons. The summed E-state index contributed by atoms with van der Waals surface area (Å²) in [4.78, 5) is 6.71. The summed E-state index contributed by atoms with van der Waals surface area (Å²) in [7, 11) is 2.07. The van der Waals surface area contributed by atoms with Gasteiger partial charge >= 0.3 is 0 Å². The van der Waals surface area contributed by atoms with Gasteiger partial charge in [0.15, 0.2) is 0 Å². The molecule has 1 aromatic heterocycles. The molecule has 3 heteroatoms. The molecule has 0 bridgehead atoms. The van der Waals surface area contributed by atoms with Gasteiger partial charge in [-0.15, -0.1) is 0 Å². The molecule has 0 aliphatic heterocycles. The fraction of sp³-hybridized carbons (Fsp3) is 0.389. The van der Waals surface area contributed by atoms with Crippen LogP contribution in [-0.4, -0.2) is 18.1 Å². The van der Waals surface area contributed by atoms with E-state index in [1.165, 1.54) is 16.7 Å². The zero-order valence-corrected chi connectivity index (χ0v) is 13.2. The first-order valence-electron chi connectivity index (χ1n) is 7.55. The molecule has 1 heterocycles. The number of anilines is 1. The topological polar surface area (TPSA) is 42.1 Å². The van der Waals surface area contributed by atoms with Crippen molar-refractivity contribution < 1.29 is 0 Å². The zero-order valence-electron chi connectivity index (χ0n) is 13.2. The Bertz CT molecular complexity index is 546. The van der Waals surface area contributed by atoms with E-state index < -0.39 is 0 Å². The number of aryl methyl sites for hydroxylation is 1. The van der Waals surface area contributed by atoms with Crippen LogP contribution in [0.1, 0.15) is 30.0 Å². The van der Waals surface area contributed by atoms with Crippen molar-refractivity contribution in [2.45, 2.75) is 39.3 Å². The van der Waals surface area contributed by atoms with Crippen molar-refractivity contribution in [1.82, 2.24) is 4.98 Å². The van der Waals surface area contributed by atoms with Gasteiger partial charge in [-0.1, -0.05) is 42.8 Å². The Morgan fingerprint density at radius 1 is 1.10 bits per heavy atom. The molecule has 2 N–H and O–H groups in total. The first-order valence-corrected chi connectivity index (χ1v) is 7.55. The summed E-state index contributed by atoms with van der Waals surface area (Å²) in [6.07, 6.45) is 3.83. The van der Waals surface area contributed by atoms with Crippen LogP contribution in [0, 0.1) is 6.92 Å². The summed E-state index contributed by atoms with van der Waals surface area (Å²) in [6, 6.07) is 13.1. The van der Waals surface area contributed by atoms with Gasteiger partial charge in [0.2, 0.25) is 0 Å². The van der Waals surface area contributed by atoms with Gasteiger partial charge in [0, 0.05) is 25.8 Å². The number of aromatic nitrogens is 1. The highest BCUT2D eigenvalue weighted by Gasteiger charge is 2.05. The van der Waals surface area contributed by atoms with Crippen molar-refractivity contribution in [3.05, 3.63) is 59.3 Å². The lowest BCUT2D eigenvalue weighted by Crippen LogP contribution is -2.22.